The lowest BCUT2D eigenvalue weighted by molar-refractivity contribution is 0.0179. The molecule has 22 heavy (non-hydrogen) atoms. The van der Waals surface area contributed by atoms with E-state index in [2.05, 4.69) is 0 Å². The summed E-state index contributed by atoms with van der Waals surface area (Å²) >= 11 is 0. The molecular weight excluding hydrogens is 280 g/mol. The van der Waals surface area contributed by atoms with Gasteiger partial charge in [0.1, 0.15) is 12.2 Å². The maximum Gasteiger partial charge on any atom is 0.339 e. The Balaban J connectivity index is 1.83. The first-order chi connectivity index (χ1) is 10.7. The average Bonchev–Trinajstić information content (AvgIpc) is 2.58. The van der Waals surface area contributed by atoms with Crippen LogP contribution >= 0.6 is 0 Å². The highest BCUT2D eigenvalue weighted by molar-refractivity contribution is 6.03. The molecule has 4 rings (SSSR count). The zero-order valence-electron chi connectivity index (χ0n) is 12.3. The summed E-state index contributed by atoms with van der Waals surface area (Å²) in [5, 5.41) is 0. The van der Waals surface area contributed by atoms with E-state index >= 15 is 0 Å². The minimum Gasteiger partial charge on any atom is -0.454 e. The Hall–Kier alpha value is -2.10. The molecule has 0 saturated carbocycles. The molecule has 0 fully saturated rings. The number of hydrogen-bond donors (Lipinski definition) is 0. The lowest BCUT2D eigenvalue weighted by Gasteiger charge is -2.35. The lowest BCUT2D eigenvalue weighted by atomic mass is 9.79. The van der Waals surface area contributed by atoms with E-state index in [1.165, 1.54) is 5.57 Å². The zero-order valence-corrected chi connectivity index (χ0v) is 12.3. The monoisotopic (exact) mass is 298 g/mol. The molecule has 0 saturated heterocycles. The van der Waals surface area contributed by atoms with Gasteiger partial charge in [-0.3, -0.25) is 0 Å². The fraction of sp³-hybridized carbons (Fsp3) is 0.444. The molecule has 4 heteroatoms. The zero-order chi connectivity index (χ0) is 15.1. The topological polar surface area (TPSA) is 52.6 Å². The number of ether oxygens (including phenoxy) is 2. The van der Waals surface area contributed by atoms with Crippen molar-refractivity contribution in [2.45, 2.75) is 50.7 Å². The number of carbonyl (C=O) groups excluding carboxylic acids is 2. The number of rotatable bonds is 0. The Morgan fingerprint density at radius 1 is 0.818 bits per heavy atom. The lowest BCUT2D eigenvalue weighted by Crippen LogP contribution is -2.34. The van der Waals surface area contributed by atoms with Crippen LogP contribution in [0.2, 0.25) is 0 Å². The van der Waals surface area contributed by atoms with Crippen molar-refractivity contribution in [3.8, 4) is 0 Å². The quantitative estimate of drug-likeness (QED) is 0.544. The van der Waals surface area contributed by atoms with Gasteiger partial charge in [0.25, 0.3) is 0 Å². The van der Waals surface area contributed by atoms with E-state index in [0.717, 1.165) is 44.1 Å². The fourth-order valence-corrected chi connectivity index (χ4v) is 3.86. The second-order valence-corrected chi connectivity index (χ2v) is 6.18. The molecular formula is C18H18O4. The minimum absolute atomic E-state index is 0.236. The third-order valence-corrected chi connectivity index (χ3v) is 4.86. The molecule has 4 nitrogen and oxygen atoms in total. The molecule has 2 unspecified atom stereocenters. The number of esters is 2. The fourth-order valence-electron chi connectivity index (χ4n) is 3.86. The highest BCUT2D eigenvalue weighted by atomic mass is 16.6. The second kappa shape index (κ2) is 5.27. The summed E-state index contributed by atoms with van der Waals surface area (Å²) in [5.74, 6) is -0.838. The van der Waals surface area contributed by atoms with Gasteiger partial charge in [-0.15, -0.1) is 0 Å². The summed E-state index contributed by atoms with van der Waals surface area (Å²) in [6, 6.07) is 6.74. The van der Waals surface area contributed by atoms with Crippen molar-refractivity contribution >= 4 is 11.9 Å². The summed E-state index contributed by atoms with van der Waals surface area (Å²) in [4.78, 5) is 25.0. The van der Waals surface area contributed by atoms with E-state index in [4.69, 9.17) is 9.47 Å². The van der Waals surface area contributed by atoms with Crippen LogP contribution in [0.1, 0.15) is 59.2 Å². The average molecular weight is 298 g/mol. The Labute approximate surface area is 129 Å². The van der Waals surface area contributed by atoms with E-state index in [-0.39, 0.29) is 12.2 Å². The molecule has 1 aliphatic heterocycles. The second-order valence-electron chi connectivity index (χ2n) is 6.18. The molecule has 1 heterocycles. The van der Waals surface area contributed by atoms with Gasteiger partial charge in [0, 0.05) is 5.57 Å². The van der Waals surface area contributed by atoms with Gasteiger partial charge in [0.05, 0.1) is 11.1 Å². The molecule has 0 bridgehead atoms. The van der Waals surface area contributed by atoms with E-state index in [9.17, 15) is 9.59 Å². The third-order valence-electron chi connectivity index (χ3n) is 4.86. The van der Waals surface area contributed by atoms with Crippen LogP contribution < -0.4 is 0 Å². The smallest absolute Gasteiger partial charge is 0.339 e. The van der Waals surface area contributed by atoms with E-state index < -0.39 is 11.9 Å². The van der Waals surface area contributed by atoms with Crippen molar-refractivity contribution in [2.24, 2.45) is 0 Å². The normalized spacial score (nSPS) is 27.6. The van der Waals surface area contributed by atoms with Gasteiger partial charge in [-0.25, -0.2) is 9.59 Å². The first-order valence-corrected chi connectivity index (χ1v) is 7.97. The predicted octanol–water partition coefficient (Wildman–Crippen LogP) is 3.42. The summed E-state index contributed by atoms with van der Waals surface area (Å²) in [7, 11) is 0. The molecule has 3 aliphatic rings. The summed E-state index contributed by atoms with van der Waals surface area (Å²) in [6.45, 7) is 0. The van der Waals surface area contributed by atoms with Crippen molar-refractivity contribution in [2.75, 3.05) is 0 Å². The van der Waals surface area contributed by atoms with E-state index in [1.807, 2.05) is 0 Å². The Morgan fingerprint density at radius 3 is 1.82 bits per heavy atom. The Morgan fingerprint density at radius 2 is 1.32 bits per heavy atom. The van der Waals surface area contributed by atoms with Crippen molar-refractivity contribution in [1.29, 1.82) is 0 Å². The maximum atomic E-state index is 12.5. The van der Waals surface area contributed by atoms with Gasteiger partial charge >= 0.3 is 11.9 Å². The SMILES string of the molecule is O=C1OC2CCCC3=C2C(CCC3)OC(=O)c2ccccc21. The van der Waals surface area contributed by atoms with Crippen LogP contribution in [-0.4, -0.2) is 24.1 Å². The molecule has 0 radical (unpaired) electrons. The Bertz CT molecular complexity index is 618. The van der Waals surface area contributed by atoms with Gasteiger partial charge < -0.3 is 9.47 Å². The molecule has 1 aromatic rings. The molecule has 0 amide bonds. The molecule has 2 atom stereocenters. The first kappa shape index (κ1) is 13.6. The number of fused-ring (bicyclic) bond motifs is 1. The molecule has 1 aromatic carbocycles. The minimum atomic E-state index is -0.419. The molecule has 114 valence electrons. The van der Waals surface area contributed by atoms with Crippen LogP contribution in [-0.2, 0) is 9.47 Å². The van der Waals surface area contributed by atoms with Crippen LogP contribution in [0.25, 0.3) is 0 Å². The van der Waals surface area contributed by atoms with Gasteiger partial charge in [0.2, 0.25) is 0 Å². The Kier molecular flexibility index (Phi) is 3.25. The van der Waals surface area contributed by atoms with Gasteiger partial charge in [-0.1, -0.05) is 17.7 Å². The summed E-state index contributed by atoms with van der Waals surface area (Å²) in [6.07, 6.45) is 5.29. The molecule has 0 N–H and O–H groups in total. The van der Waals surface area contributed by atoms with Crippen LogP contribution in [0.5, 0.6) is 0 Å². The van der Waals surface area contributed by atoms with Crippen molar-refractivity contribution in [3.05, 3.63) is 46.5 Å². The van der Waals surface area contributed by atoms with Crippen LogP contribution in [0, 0.1) is 0 Å². The molecule has 0 aromatic heterocycles. The number of hydrogen-bond acceptors (Lipinski definition) is 4. The number of allylic oxidation sites excluding steroid dienone is 1. The molecule has 0 spiro atoms. The first-order valence-electron chi connectivity index (χ1n) is 7.97. The van der Waals surface area contributed by atoms with Gasteiger partial charge in [-0.05, 0) is 50.7 Å². The maximum absolute atomic E-state index is 12.5. The molecule has 2 aliphatic carbocycles. The van der Waals surface area contributed by atoms with Crippen LogP contribution in [0.3, 0.4) is 0 Å². The third kappa shape index (κ3) is 2.14. The van der Waals surface area contributed by atoms with Crippen LogP contribution in [0.4, 0.5) is 0 Å². The van der Waals surface area contributed by atoms with Crippen molar-refractivity contribution in [3.63, 3.8) is 0 Å². The summed E-state index contributed by atoms with van der Waals surface area (Å²) < 4.78 is 11.5. The summed E-state index contributed by atoms with van der Waals surface area (Å²) in [5.41, 5.74) is 3.00. The predicted molar refractivity (Wildman–Crippen MR) is 79.6 cm³/mol. The van der Waals surface area contributed by atoms with Crippen molar-refractivity contribution in [1.82, 2.24) is 0 Å². The van der Waals surface area contributed by atoms with Gasteiger partial charge in [0.15, 0.2) is 0 Å². The highest BCUT2D eigenvalue weighted by Gasteiger charge is 2.38. The van der Waals surface area contributed by atoms with Crippen LogP contribution in [0.15, 0.2) is 35.4 Å². The van der Waals surface area contributed by atoms with Crippen molar-refractivity contribution < 1.29 is 19.1 Å². The number of carbonyl (C=O) groups is 2. The largest absolute Gasteiger partial charge is 0.454 e. The standard InChI is InChI=1S/C18H18O4/c19-17-12-7-1-2-8-13(12)18(20)22-15-10-4-6-11-5-3-9-14(21-17)16(11)15/h1-2,7-8,14-15H,3-6,9-10H2. The van der Waals surface area contributed by atoms with Gasteiger partial charge in [-0.2, -0.15) is 0 Å². The van der Waals surface area contributed by atoms with E-state index in [0.29, 0.717) is 11.1 Å². The number of benzene rings is 1. The highest BCUT2D eigenvalue weighted by Crippen LogP contribution is 2.40. The van der Waals surface area contributed by atoms with E-state index in [1.54, 1.807) is 24.3 Å².